The lowest BCUT2D eigenvalue weighted by molar-refractivity contribution is -0.138. The van der Waals surface area contributed by atoms with Crippen LogP contribution in [0.2, 0.25) is 0 Å². The molecule has 2 amide bonds. The van der Waals surface area contributed by atoms with Crippen molar-refractivity contribution in [3.05, 3.63) is 53.8 Å². The van der Waals surface area contributed by atoms with Crippen LogP contribution in [0.3, 0.4) is 0 Å². The van der Waals surface area contributed by atoms with Crippen molar-refractivity contribution < 1.29 is 19.1 Å². The second kappa shape index (κ2) is 6.80. The minimum absolute atomic E-state index is 0.110. The van der Waals surface area contributed by atoms with Gasteiger partial charge in [-0.3, -0.25) is 0 Å². The number of hydrogen-bond donors (Lipinski definition) is 2. The molecule has 0 saturated carbocycles. The smallest absolute Gasteiger partial charge is 0.338 e. The largest absolute Gasteiger partial charge is 0.497 e. The number of benzene rings is 1. The first-order valence-electron chi connectivity index (χ1n) is 6.77. The summed E-state index contributed by atoms with van der Waals surface area (Å²) in [5.74, 6) is 0.200. The molecule has 0 unspecified atom stereocenters. The van der Waals surface area contributed by atoms with Crippen LogP contribution in [0.15, 0.2) is 48.2 Å². The number of hydrogen-bond acceptors (Lipinski definition) is 4. The van der Waals surface area contributed by atoms with Crippen molar-refractivity contribution in [1.29, 1.82) is 0 Å². The van der Waals surface area contributed by atoms with E-state index < -0.39 is 12.0 Å². The molecule has 0 fully saturated rings. The van der Waals surface area contributed by atoms with Crippen LogP contribution in [0.25, 0.3) is 0 Å². The van der Waals surface area contributed by atoms with Crippen molar-refractivity contribution >= 4 is 12.0 Å². The maximum atomic E-state index is 12.2. The molecular formula is C16H18N2O4. The Balaban J connectivity index is 2.36. The summed E-state index contributed by atoms with van der Waals surface area (Å²) >= 11 is 0. The van der Waals surface area contributed by atoms with Crippen molar-refractivity contribution in [3.63, 3.8) is 0 Å². The van der Waals surface area contributed by atoms with Crippen LogP contribution in [0.4, 0.5) is 4.79 Å². The fourth-order valence-corrected chi connectivity index (χ4v) is 2.22. The van der Waals surface area contributed by atoms with E-state index in [9.17, 15) is 9.59 Å². The number of methoxy groups -OCH3 is 1. The van der Waals surface area contributed by atoms with Crippen LogP contribution in [0.5, 0.6) is 5.75 Å². The third kappa shape index (κ3) is 3.28. The molecular weight excluding hydrogens is 284 g/mol. The van der Waals surface area contributed by atoms with Gasteiger partial charge in [0, 0.05) is 5.70 Å². The maximum Gasteiger partial charge on any atom is 0.338 e. The zero-order chi connectivity index (χ0) is 16.1. The quantitative estimate of drug-likeness (QED) is 0.644. The molecule has 1 heterocycles. The van der Waals surface area contributed by atoms with Gasteiger partial charge in [0.2, 0.25) is 0 Å². The zero-order valence-electron chi connectivity index (χ0n) is 12.5. The van der Waals surface area contributed by atoms with E-state index in [1.807, 2.05) is 0 Å². The Morgan fingerprint density at radius 2 is 2.05 bits per heavy atom. The van der Waals surface area contributed by atoms with E-state index in [0.717, 1.165) is 5.56 Å². The van der Waals surface area contributed by atoms with E-state index >= 15 is 0 Å². The molecule has 1 aliphatic rings. The highest BCUT2D eigenvalue weighted by Gasteiger charge is 2.32. The van der Waals surface area contributed by atoms with E-state index in [1.165, 1.54) is 6.08 Å². The molecule has 0 bridgehead atoms. The van der Waals surface area contributed by atoms with Gasteiger partial charge in [-0.25, -0.2) is 9.59 Å². The van der Waals surface area contributed by atoms with Crippen LogP contribution in [-0.2, 0) is 9.53 Å². The predicted octanol–water partition coefficient (Wildman–Crippen LogP) is 2.05. The summed E-state index contributed by atoms with van der Waals surface area (Å²) < 4.78 is 10.2. The highest BCUT2D eigenvalue weighted by Crippen LogP contribution is 2.28. The molecule has 0 saturated heterocycles. The first kappa shape index (κ1) is 15.6. The van der Waals surface area contributed by atoms with Gasteiger partial charge >= 0.3 is 12.0 Å². The van der Waals surface area contributed by atoms with Crippen molar-refractivity contribution in [1.82, 2.24) is 10.6 Å². The predicted molar refractivity (Wildman–Crippen MR) is 81.3 cm³/mol. The Bertz CT molecular complexity index is 620. The number of esters is 1. The average molecular weight is 302 g/mol. The van der Waals surface area contributed by atoms with E-state index in [1.54, 1.807) is 38.3 Å². The van der Waals surface area contributed by atoms with Crippen LogP contribution in [0.1, 0.15) is 18.5 Å². The molecule has 1 aromatic rings. The summed E-state index contributed by atoms with van der Waals surface area (Å²) in [6.45, 7) is 5.29. The molecule has 116 valence electrons. The Morgan fingerprint density at radius 3 is 2.64 bits per heavy atom. The zero-order valence-corrected chi connectivity index (χ0v) is 12.5. The number of carbonyl (C=O) groups is 2. The lowest BCUT2D eigenvalue weighted by atomic mass is 9.95. The molecule has 1 aromatic carbocycles. The van der Waals surface area contributed by atoms with E-state index in [-0.39, 0.29) is 12.6 Å². The number of urea groups is 1. The lowest BCUT2D eigenvalue weighted by Crippen LogP contribution is -2.45. The molecule has 0 aliphatic carbocycles. The number of nitrogens with one attached hydrogen (secondary N) is 2. The molecule has 2 N–H and O–H groups in total. The fourth-order valence-electron chi connectivity index (χ4n) is 2.22. The van der Waals surface area contributed by atoms with Crippen molar-refractivity contribution in [2.24, 2.45) is 0 Å². The van der Waals surface area contributed by atoms with Crippen LogP contribution >= 0.6 is 0 Å². The highest BCUT2D eigenvalue weighted by atomic mass is 16.5. The SMILES string of the molecule is C=CCOC(=O)C1=C(C)NC(=O)N[C@H]1c1ccc(OC)cc1. The second-order valence-corrected chi connectivity index (χ2v) is 4.73. The van der Waals surface area contributed by atoms with E-state index in [4.69, 9.17) is 9.47 Å². The Labute approximate surface area is 128 Å². The molecule has 0 radical (unpaired) electrons. The van der Waals surface area contributed by atoms with Gasteiger partial charge in [-0.05, 0) is 24.6 Å². The topological polar surface area (TPSA) is 76.7 Å². The number of rotatable bonds is 5. The average Bonchev–Trinajstić information content (AvgIpc) is 2.52. The van der Waals surface area contributed by atoms with Crippen LogP contribution < -0.4 is 15.4 Å². The summed E-state index contributed by atoms with van der Waals surface area (Å²) in [6, 6.07) is 6.19. The normalized spacial score (nSPS) is 17.4. The molecule has 6 heteroatoms. The summed E-state index contributed by atoms with van der Waals surface area (Å²) in [5, 5.41) is 5.32. The first-order chi connectivity index (χ1) is 10.6. The maximum absolute atomic E-state index is 12.2. The minimum Gasteiger partial charge on any atom is -0.497 e. The second-order valence-electron chi connectivity index (χ2n) is 4.73. The van der Waals surface area contributed by atoms with Gasteiger partial charge in [0.1, 0.15) is 12.4 Å². The van der Waals surface area contributed by atoms with E-state index in [2.05, 4.69) is 17.2 Å². The van der Waals surface area contributed by atoms with Gasteiger partial charge < -0.3 is 20.1 Å². The summed E-state index contributed by atoms with van der Waals surface area (Å²) in [7, 11) is 1.57. The van der Waals surface area contributed by atoms with Crippen LogP contribution in [-0.4, -0.2) is 25.7 Å². The van der Waals surface area contributed by atoms with Crippen molar-refractivity contribution in [2.75, 3.05) is 13.7 Å². The molecule has 1 atom stereocenters. The number of amides is 2. The molecule has 2 rings (SSSR count). The first-order valence-corrected chi connectivity index (χ1v) is 6.77. The Hall–Kier alpha value is -2.76. The van der Waals surface area contributed by atoms with Gasteiger partial charge in [-0.1, -0.05) is 24.8 Å². The van der Waals surface area contributed by atoms with Crippen LogP contribution in [0, 0.1) is 0 Å². The summed E-state index contributed by atoms with van der Waals surface area (Å²) in [5.41, 5.74) is 1.60. The summed E-state index contributed by atoms with van der Waals surface area (Å²) in [4.78, 5) is 24.0. The van der Waals surface area contributed by atoms with Gasteiger partial charge in [0.05, 0.1) is 18.7 Å². The van der Waals surface area contributed by atoms with Gasteiger partial charge in [-0.2, -0.15) is 0 Å². The standard InChI is InChI=1S/C16H18N2O4/c1-4-9-22-15(19)13-10(2)17-16(20)18-14(13)11-5-7-12(21-3)8-6-11/h4-8,14H,1,9H2,2-3H3,(H2,17,18,20)/t14-/m0/s1. The molecule has 1 aliphatic heterocycles. The summed E-state index contributed by atoms with van der Waals surface area (Å²) in [6.07, 6.45) is 1.49. The number of carbonyl (C=O) groups excluding carboxylic acids is 2. The molecule has 22 heavy (non-hydrogen) atoms. The fraction of sp³-hybridized carbons (Fsp3) is 0.250. The monoisotopic (exact) mass is 302 g/mol. The van der Waals surface area contributed by atoms with Crippen molar-refractivity contribution in [2.45, 2.75) is 13.0 Å². The van der Waals surface area contributed by atoms with E-state index in [0.29, 0.717) is 17.0 Å². The van der Waals surface area contributed by atoms with Gasteiger partial charge in [0.25, 0.3) is 0 Å². The van der Waals surface area contributed by atoms with Gasteiger partial charge in [0.15, 0.2) is 0 Å². The third-order valence-electron chi connectivity index (χ3n) is 3.27. The lowest BCUT2D eigenvalue weighted by Gasteiger charge is -2.28. The highest BCUT2D eigenvalue weighted by molar-refractivity contribution is 5.95. The molecule has 6 nitrogen and oxygen atoms in total. The Kier molecular flexibility index (Phi) is 4.83. The van der Waals surface area contributed by atoms with Crippen molar-refractivity contribution in [3.8, 4) is 5.75 Å². The number of allylic oxidation sites excluding steroid dienone is 1. The van der Waals surface area contributed by atoms with Gasteiger partial charge in [-0.15, -0.1) is 0 Å². The Morgan fingerprint density at radius 1 is 1.36 bits per heavy atom. The minimum atomic E-state index is -0.572. The molecule has 0 aromatic heterocycles. The third-order valence-corrected chi connectivity index (χ3v) is 3.27. The molecule has 0 spiro atoms. The number of ether oxygens (including phenoxy) is 2.